The van der Waals surface area contributed by atoms with Crippen molar-refractivity contribution in [3.05, 3.63) is 34.8 Å². The standard InChI is InChI=1S/C18H20N4O3S/c1-11-14(19-12(2)23)5-3-6-15(11)21-16(24)9-13-10-26-18(20-13)22-8-4-7-17(22)25/h3,5-6,10H,4,7-9H2,1-2H3,(H,19,23)(H,21,24). The van der Waals surface area contributed by atoms with Gasteiger partial charge >= 0.3 is 0 Å². The summed E-state index contributed by atoms with van der Waals surface area (Å²) in [5, 5.41) is 8.05. The summed E-state index contributed by atoms with van der Waals surface area (Å²) in [6, 6.07) is 5.34. The Labute approximate surface area is 155 Å². The van der Waals surface area contributed by atoms with Gasteiger partial charge in [0.25, 0.3) is 0 Å². The van der Waals surface area contributed by atoms with Gasteiger partial charge in [0.1, 0.15) is 0 Å². The molecular formula is C18H20N4O3S. The van der Waals surface area contributed by atoms with E-state index in [-0.39, 0.29) is 24.1 Å². The highest BCUT2D eigenvalue weighted by Gasteiger charge is 2.24. The molecule has 0 radical (unpaired) electrons. The van der Waals surface area contributed by atoms with Gasteiger partial charge in [-0.3, -0.25) is 19.3 Å². The zero-order valence-corrected chi connectivity index (χ0v) is 15.5. The molecule has 3 rings (SSSR count). The number of hydrogen-bond donors (Lipinski definition) is 2. The van der Waals surface area contributed by atoms with Crippen LogP contribution in [-0.4, -0.2) is 29.3 Å². The summed E-state index contributed by atoms with van der Waals surface area (Å²) in [4.78, 5) is 41.4. The Hall–Kier alpha value is -2.74. The normalized spacial score (nSPS) is 13.8. The molecular weight excluding hydrogens is 352 g/mol. The van der Waals surface area contributed by atoms with Crippen LogP contribution in [0.1, 0.15) is 31.0 Å². The first-order chi connectivity index (χ1) is 12.4. The monoisotopic (exact) mass is 372 g/mol. The second kappa shape index (κ2) is 7.65. The molecule has 0 unspecified atom stereocenters. The molecule has 1 aromatic heterocycles. The predicted molar refractivity (Wildman–Crippen MR) is 102 cm³/mol. The number of carbonyl (C=O) groups excluding carboxylic acids is 3. The number of nitrogens with zero attached hydrogens (tertiary/aromatic N) is 2. The third-order valence-corrected chi connectivity index (χ3v) is 5.02. The van der Waals surface area contributed by atoms with E-state index in [1.165, 1.54) is 18.3 Å². The molecule has 0 bridgehead atoms. The molecule has 7 nitrogen and oxygen atoms in total. The van der Waals surface area contributed by atoms with E-state index in [2.05, 4.69) is 15.6 Å². The second-order valence-electron chi connectivity index (χ2n) is 6.15. The van der Waals surface area contributed by atoms with Gasteiger partial charge in [-0.05, 0) is 31.0 Å². The van der Waals surface area contributed by atoms with Gasteiger partial charge in [0, 0.05) is 36.6 Å². The van der Waals surface area contributed by atoms with E-state index in [0.717, 1.165) is 12.0 Å². The summed E-state index contributed by atoms with van der Waals surface area (Å²) in [7, 11) is 0. The van der Waals surface area contributed by atoms with Crippen LogP contribution >= 0.6 is 11.3 Å². The van der Waals surface area contributed by atoms with Crippen LogP contribution in [0, 0.1) is 6.92 Å². The topological polar surface area (TPSA) is 91.4 Å². The summed E-state index contributed by atoms with van der Waals surface area (Å²) in [6.07, 6.45) is 1.53. The molecule has 2 aromatic rings. The van der Waals surface area contributed by atoms with E-state index in [9.17, 15) is 14.4 Å². The average Bonchev–Trinajstić information content (AvgIpc) is 3.19. The number of anilines is 3. The van der Waals surface area contributed by atoms with Gasteiger partial charge in [0.05, 0.1) is 12.1 Å². The minimum atomic E-state index is -0.197. The van der Waals surface area contributed by atoms with Gasteiger partial charge in [0.15, 0.2) is 5.13 Å². The van der Waals surface area contributed by atoms with Crippen LogP contribution in [0.4, 0.5) is 16.5 Å². The van der Waals surface area contributed by atoms with Gasteiger partial charge in [-0.1, -0.05) is 6.07 Å². The lowest BCUT2D eigenvalue weighted by atomic mass is 10.1. The molecule has 136 valence electrons. The molecule has 8 heteroatoms. The summed E-state index contributed by atoms with van der Waals surface area (Å²) in [5.41, 5.74) is 2.74. The van der Waals surface area contributed by atoms with Gasteiger partial charge in [-0.15, -0.1) is 11.3 Å². The van der Waals surface area contributed by atoms with Crippen molar-refractivity contribution in [1.29, 1.82) is 0 Å². The highest BCUT2D eigenvalue weighted by atomic mass is 32.1. The summed E-state index contributed by atoms with van der Waals surface area (Å²) in [5.74, 6) is -0.276. The highest BCUT2D eigenvalue weighted by Crippen LogP contribution is 2.26. The van der Waals surface area contributed by atoms with Crippen molar-refractivity contribution in [1.82, 2.24) is 4.98 Å². The Bertz CT molecular complexity index is 862. The van der Waals surface area contributed by atoms with Gasteiger partial charge in [0.2, 0.25) is 17.7 Å². The van der Waals surface area contributed by atoms with Crippen LogP contribution < -0.4 is 15.5 Å². The van der Waals surface area contributed by atoms with Crippen molar-refractivity contribution in [2.75, 3.05) is 22.1 Å². The molecule has 0 atom stereocenters. The number of hydrogen-bond acceptors (Lipinski definition) is 5. The molecule has 3 amide bonds. The van der Waals surface area contributed by atoms with Crippen molar-refractivity contribution in [3.63, 3.8) is 0 Å². The Kier molecular flexibility index (Phi) is 5.32. The van der Waals surface area contributed by atoms with Crippen LogP contribution in [0.15, 0.2) is 23.6 Å². The minimum Gasteiger partial charge on any atom is -0.326 e. The molecule has 0 aliphatic carbocycles. The van der Waals surface area contributed by atoms with Crippen molar-refractivity contribution in [2.24, 2.45) is 0 Å². The van der Waals surface area contributed by atoms with Crippen molar-refractivity contribution >= 4 is 45.6 Å². The molecule has 1 aromatic carbocycles. The van der Waals surface area contributed by atoms with Crippen molar-refractivity contribution in [2.45, 2.75) is 33.1 Å². The quantitative estimate of drug-likeness (QED) is 0.844. The fraction of sp³-hybridized carbons (Fsp3) is 0.333. The first-order valence-electron chi connectivity index (χ1n) is 8.36. The first-order valence-corrected chi connectivity index (χ1v) is 9.24. The van der Waals surface area contributed by atoms with E-state index in [1.54, 1.807) is 28.5 Å². The Morgan fingerprint density at radius 1 is 1.27 bits per heavy atom. The SMILES string of the molecule is CC(=O)Nc1cccc(NC(=O)Cc2csc(N3CCCC3=O)n2)c1C. The lowest BCUT2D eigenvalue weighted by Crippen LogP contribution is -2.23. The Balaban J connectivity index is 1.65. The van der Waals surface area contributed by atoms with Crippen LogP contribution in [0.25, 0.3) is 0 Å². The number of nitrogens with one attached hydrogen (secondary N) is 2. The van der Waals surface area contributed by atoms with E-state index in [4.69, 9.17) is 0 Å². The zero-order valence-electron chi connectivity index (χ0n) is 14.7. The van der Waals surface area contributed by atoms with Gasteiger partial charge < -0.3 is 10.6 Å². The van der Waals surface area contributed by atoms with Crippen LogP contribution in [-0.2, 0) is 20.8 Å². The number of amides is 3. The molecule has 1 fully saturated rings. The van der Waals surface area contributed by atoms with Crippen LogP contribution in [0.5, 0.6) is 0 Å². The lowest BCUT2D eigenvalue weighted by Gasteiger charge is -2.12. The number of thiazole rings is 1. The highest BCUT2D eigenvalue weighted by molar-refractivity contribution is 7.14. The average molecular weight is 372 g/mol. The number of carbonyl (C=O) groups is 3. The van der Waals surface area contributed by atoms with E-state index in [1.807, 2.05) is 6.92 Å². The minimum absolute atomic E-state index is 0.0840. The smallest absolute Gasteiger partial charge is 0.230 e. The van der Waals surface area contributed by atoms with E-state index < -0.39 is 0 Å². The molecule has 2 N–H and O–H groups in total. The van der Waals surface area contributed by atoms with Crippen molar-refractivity contribution < 1.29 is 14.4 Å². The molecule has 0 saturated carbocycles. The van der Waals surface area contributed by atoms with Crippen LogP contribution in [0.3, 0.4) is 0 Å². The van der Waals surface area contributed by atoms with Gasteiger partial charge in [-0.2, -0.15) is 0 Å². The van der Waals surface area contributed by atoms with Crippen LogP contribution in [0.2, 0.25) is 0 Å². The largest absolute Gasteiger partial charge is 0.326 e. The number of aromatic nitrogens is 1. The third-order valence-electron chi connectivity index (χ3n) is 4.10. The summed E-state index contributed by atoms with van der Waals surface area (Å²) >= 11 is 1.38. The molecule has 2 heterocycles. The van der Waals surface area contributed by atoms with Crippen molar-refractivity contribution in [3.8, 4) is 0 Å². The second-order valence-corrected chi connectivity index (χ2v) is 6.99. The third kappa shape index (κ3) is 4.08. The molecule has 0 spiro atoms. The maximum Gasteiger partial charge on any atom is 0.230 e. The maximum atomic E-state index is 12.3. The molecule has 1 aliphatic heterocycles. The predicted octanol–water partition coefficient (Wildman–Crippen LogP) is 2.72. The van der Waals surface area contributed by atoms with E-state index in [0.29, 0.717) is 35.2 Å². The Morgan fingerprint density at radius 3 is 2.65 bits per heavy atom. The van der Waals surface area contributed by atoms with Gasteiger partial charge in [-0.25, -0.2) is 4.98 Å². The van der Waals surface area contributed by atoms with E-state index >= 15 is 0 Å². The summed E-state index contributed by atoms with van der Waals surface area (Å²) < 4.78 is 0. The maximum absolute atomic E-state index is 12.3. The molecule has 1 saturated heterocycles. The fourth-order valence-corrected chi connectivity index (χ4v) is 3.67. The first kappa shape index (κ1) is 18.1. The lowest BCUT2D eigenvalue weighted by molar-refractivity contribution is -0.117. The molecule has 1 aliphatic rings. The zero-order chi connectivity index (χ0) is 18.7. The number of rotatable bonds is 5. The summed E-state index contributed by atoms with van der Waals surface area (Å²) in [6.45, 7) is 3.96. The molecule has 26 heavy (non-hydrogen) atoms. The Morgan fingerprint density at radius 2 is 2.00 bits per heavy atom. The number of benzene rings is 1. The fourth-order valence-electron chi connectivity index (χ4n) is 2.81.